The van der Waals surface area contributed by atoms with Gasteiger partial charge in [-0.25, -0.2) is 4.99 Å². The molecule has 6 nitrogen and oxygen atoms in total. The summed E-state index contributed by atoms with van der Waals surface area (Å²) < 4.78 is 5.37. The smallest absolute Gasteiger partial charge is 0.243 e. The molecule has 24 heavy (non-hydrogen) atoms. The number of guanidine groups is 1. The number of amides is 1. The summed E-state index contributed by atoms with van der Waals surface area (Å²) in [5.74, 6) is 1.99. The van der Waals surface area contributed by atoms with Crippen molar-refractivity contribution >= 4 is 47.6 Å². The lowest BCUT2D eigenvalue weighted by atomic mass is 10.3. The molecule has 1 N–H and O–H groups in total. The molecule has 142 valence electrons. The van der Waals surface area contributed by atoms with Crippen molar-refractivity contribution in [2.45, 2.75) is 31.9 Å². The zero-order chi connectivity index (χ0) is 17.1. The zero-order valence-electron chi connectivity index (χ0n) is 15.4. The van der Waals surface area contributed by atoms with E-state index in [2.05, 4.69) is 22.1 Å². The molecular weight excluding hydrogens is 439 g/mol. The zero-order valence-corrected chi connectivity index (χ0v) is 18.6. The summed E-state index contributed by atoms with van der Waals surface area (Å²) in [4.78, 5) is 20.2. The molecule has 1 amide bonds. The Morgan fingerprint density at radius 3 is 2.79 bits per heavy atom. The monoisotopic (exact) mass is 472 g/mol. The number of ether oxygens (including phenoxy) is 1. The molecular formula is C16H33IN4O2S. The van der Waals surface area contributed by atoms with Gasteiger partial charge in [0.25, 0.3) is 0 Å². The molecule has 0 radical (unpaired) electrons. The largest absolute Gasteiger partial charge is 0.382 e. The van der Waals surface area contributed by atoms with E-state index in [4.69, 9.17) is 4.74 Å². The Labute approximate surface area is 168 Å². The lowest BCUT2D eigenvalue weighted by Gasteiger charge is -2.34. The number of thioether (sulfide) groups is 1. The van der Waals surface area contributed by atoms with Crippen molar-refractivity contribution in [1.29, 1.82) is 0 Å². The third kappa shape index (κ3) is 9.31. The topological polar surface area (TPSA) is 57.2 Å². The fourth-order valence-corrected chi connectivity index (χ4v) is 3.41. The minimum atomic E-state index is 0. The highest BCUT2D eigenvalue weighted by Gasteiger charge is 2.21. The molecule has 1 unspecified atom stereocenters. The van der Waals surface area contributed by atoms with Crippen LogP contribution in [-0.4, -0.2) is 86.2 Å². The maximum atomic E-state index is 11.8. The fourth-order valence-electron chi connectivity index (χ4n) is 2.23. The number of likely N-dealkylation sites (N-methyl/N-ethyl adjacent to an activating group) is 1. The van der Waals surface area contributed by atoms with E-state index in [9.17, 15) is 4.79 Å². The molecule has 1 fully saturated rings. The Balaban J connectivity index is 0.00000529. The van der Waals surface area contributed by atoms with Crippen LogP contribution in [0.4, 0.5) is 0 Å². The summed E-state index contributed by atoms with van der Waals surface area (Å²) in [5.41, 5.74) is 0. The van der Waals surface area contributed by atoms with Crippen LogP contribution in [0.15, 0.2) is 4.99 Å². The summed E-state index contributed by atoms with van der Waals surface area (Å²) >= 11 is 2.03. The first-order chi connectivity index (χ1) is 11.1. The van der Waals surface area contributed by atoms with Crippen LogP contribution in [0.5, 0.6) is 0 Å². The molecule has 1 aliphatic heterocycles. The third-order valence-corrected chi connectivity index (χ3v) is 5.08. The third-order valence-electron chi connectivity index (χ3n) is 3.71. The summed E-state index contributed by atoms with van der Waals surface area (Å²) in [5, 5.41) is 4.05. The molecule has 0 aromatic heterocycles. The SMILES string of the molecule is CCOCCCNC(=NCC(=O)N(C)C)N1CCSC(CC)C1.I. The minimum absolute atomic E-state index is 0. The lowest BCUT2D eigenvalue weighted by molar-refractivity contribution is -0.127. The van der Waals surface area contributed by atoms with Crippen LogP contribution in [0.2, 0.25) is 0 Å². The van der Waals surface area contributed by atoms with Gasteiger partial charge in [-0.15, -0.1) is 24.0 Å². The molecule has 0 bridgehead atoms. The van der Waals surface area contributed by atoms with Gasteiger partial charge in [-0.2, -0.15) is 11.8 Å². The fraction of sp³-hybridized carbons (Fsp3) is 0.875. The highest BCUT2D eigenvalue weighted by atomic mass is 127. The maximum Gasteiger partial charge on any atom is 0.243 e. The number of aliphatic imine (C=N–C) groups is 1. The van der Waals surface area contributed by atoms with Crippen LogP contribution in [0.25, 0.3) is 0 Å². The van der Waals surface area contributed by atoms with E-state index in [0.717, 1.165) is 57.4 Å². The molecule has 0 spiro atoms. The molecule has 0 aromatic rings. The predicted octanol–water partition coefficient (Wildman–Crippen LogP) is 1.89. The van der Waals surface area contributed by atoms with Crippen LogP contribution in [0, 0.1) is 0 Å². The number of carbonyl (C=O) groups is 1. The predicted molar refractivity (Wildman–Crippen MR) is 114 cm³/mol. The minimum Gasteiger partial charge on any atom is -0.382 e. The molecule has 1 atom stereocenters. The first-order valence-electron chi connectivity index (χ1n) is 8.51. The summed E-state index contributed by atoms with van der Waals surface area (Å²) in [7, 11) is 3.52. The van der Waals surface area contributed by atoms with Crippen molar-refractivity contribution in [2.24, 2.45) is 4.99 Å². The molecule has 0 aliphatic carbocycles. The van der Waals surface area contributed by atoms with Gasteiger partial charge in [0.15, 0.2) is 5.96 Å². The molecule has 8 heteroatoms. The van der Waals surface area contributed by atoms with Gasteiger partial charge >= 0.3 is 0 Å². The molecule has 1 aliphatic rings. The van der Waals surface area contributed by atoms with Gasteiger partial charge in [0.05, 0.1) is 0 Å². The Hall–Kier alpha value is -0.220. The highest BCUT2D eigenvalue weighted by Crippen LogP contribution is 2.21. The first kappa shape index (κ1) is 23.8. The molecule has 1 rings (SSSR count). The highest BCUT2D eigenvalue weighted by molar-refractivity contribution is 14.0. The van der Waals surface area contributed by atoms with Gasteiger partial charge in [0.1, 0.15) is 6.54 Å². The lowest BCUT2D eigenvalue weighted by Crippen LogP contribution is -2.48. The van der Waals surface area contributed by atoms with Crippen molar-refractivity contribution in [1.82, 2.24) is 15.1 Å². The Bertz CT molecular complexity index is 383. The summed E-state index contributed by atoms with van der Waals surface area (Å²) in [6.45, 7) is 8.72. The number of nitrogens with one attached hydrogen (secondary N) is 1. The van der Waals surface area contributed by atoms with Crippen LogP contribution in [0.1, 0.15) is 26.7 Å². The number of carbonyl (C=O) groups excluding carboxylic acids is 1. The molecule has 0 saturated carbocycles. The van der Waals surface area contributed by atoms with Crippen LogP contribution < -0.4 is 5.32 Å². The number of hydrogen-bond acceptors (Lipinski definition) is 4. The van der Waals surface area contributed by atoms with Crippen LogP contribution in [0.3, 0.4) is 0 Å². The van der Waals surface area contributed by atoms with Gasteiger partial charge in [-0.1, -0.05) is 6.92 Å². The van der Waals surface area contributed by atoms with E-state index in [-0.39, 0.29) is 36.4 Å². The van der Waals surface area contributed by atoms with Crippen LogP contribution >= 0.6 is 35.7 Å². The van der Waals surface area contributed by atoms with Gasteiger partial charge in [0.2, 0.25) is 5.91 Å². The van der Waals surface area contributed by atoms with Crippen LogP contribution in [-0.2, 0) is 9.53 Å². The van der Waals surface area contributed by atoms with Gasteiger partial charge in [-0.3, -0.25) is 4.79 Å². The average Bonchev–Trinajstić information content (AvgIpc) is 2.56. The Morgan fingerprint density at radius 1 is 1.42 bits per heavy atom. The van der Waals surface area contributed by atoms with E-state index >= 15 is 0 Å². The Morgan fingerprint density at radius 2 is 2.17 bits per heavy atom. The van der Waals surface area contributed by atoms with Crippen molar-refractivity contribution in [3.8, 4) is 0 Å². The van der Waals surface area contributed by atoms with E-state index in [1.807, 2.05) is 18.7 Å². The number of rotatable bonds is 8. The molecule has 0 aromatic carbocycles. The van der Waals surface area contributed by atoms with Gasteiger partial charge in [0, 0.05) is 57.9 Å². The van der Waals surface area contributed by atoms with Crippen molar-refractivity contribution in [2.75, 3.05) is 59.2 Å². The van der Waals surface area contributed by atoms with Gasteiger partial charge < -0.3 is 19.9 Å². The van der Waals surface area contributed by atoms with E-state index in [0.29, 0.717) is 5.25 Å². The Kier molecular flexibility index (Phi) is 13.9. The van der Waals surface area contributed by atoms with Crippen molar-refractivity contribution < 1.29 is 9.53 Å². The number of hydrogen-bond donors (Lipinski definition) is 1. The number of halogens is 1. The quantitative estimate of drug-likeness (QED) is 0.253. The normalized spacial score (nSPS) is 18.1. The second kappa shape index (κ2) is 14.0. The maximum absolute atomic E-state index is 11.8. The second-order valence-corrected chi connectivity index (χ2v) is 7.16. The van der Waals surface area contributed by atoms with E-state index in [1.165, 1.54) is 0 Å². The van der Waals surface area contributed by atoms with E-state index in [1.54, 1.807) is 19.0 Å². The average molecular weight is 472 g/mol. The standard InChI is InChI=1S/C16H32N4O2S.HI/c1-5-14-13-20(9-11-23-14)16(17-8-7-10-22-6-2)18-12-15(21)19(3)4;/h14H,5-13H2,1-4H3,(H,17,18);1H. The van der Waals surface area contributed by atoms with Crippen molar-refractivity contribution in [3.63, 3.8) is 0 Å². The van der Waals surface area contributed by atoms with Gasteiger partial charge in [-0.05, 0) is 19.8 Å². The number of nitrogens with zero attached hydrogens (tertiary/aromatic N) is 3. The summed E-state index contributed by atoms with van der Waals surface area (Å²) in [6.07, 6.45) is 2.10. The first-order valence-corrected chi connectivity index (χ1v) is 9.56. The second-order valence-electron chi connectivity index (χ2n) is 5.75. The van der Waals surface area contributed by atoms with Crippen molar-refractivity contribution in [3.05, 3.63) is 0 Å². The molecule has 1 saturated heterocycles. The van der Waals surface area contributed by atoms with E-state index < -0.39 is 0 Å². The molecule has 1 heterocycles. The summed E-state index contributed by atoms with van der Waals surface area (Å²) in [6, 6.07) is 0.